The number of nitrogens with one attached hydrogen (secondary N) is 1. The van der Waals surface area contributed by atoms with E-state index in [9.17, 15) is 0 Å². The van der Waals surface area contributed by atoms with E-state index in [0.717, 1.165) is 17.0 Å². The SMILES string of the molecule is Cc1ccc(COc2ccc(/C=N\Nc3ccccc3)cc2)cc1. The van der Waals surface area contributed by atoms with Crippen molar-refractivity contribution in [3.63, 3.8) is 0 Å². The Hall–Kier alpha value is -3.07. The van der Waals surface area contributed by atoms with Gasteiger partial charge in [0.25, 0.3) is 0 Å². The number of benzene rings is 3. The first kappa shape index (κ1) is 15.8. The summed E-state index contributed by atoms with van der Waals surface area (Å²) in [5, 5.41) is 4.23. The lowest BCUT2D eigenvalue weighted by Gasteiger charge is -2.07. The van der Waals surface area contributed by atoms with Crippen molar-refractivity contribution in [2.24, 2.45) is 5.10 Å². The van der Waals surface area contributed by atoms with Gasteiger partial charge < -0.3 is 4.74 Å². The van der Waals surface area contributed by atoms with E-state index in [1.807, 2.05) is 54.6 Å². The van der Waals surface area contributed by atoms with E-state index in [1.165, 1.54) is 11.1 Å². The van der Waals surface area contributed by atoms with Crippen molar-refractivity contribution in [1.29, 1.82) is 0 Å². The number of hydrogen-bond acceptors (Lipinski definition) is 3. The normalized spacial score (nSPS) is 10.7. The Kier molecular flexibility index (Phi) is 5.25. The van der Waals surface area contributed by atoms with Crippen LogP contribution in [0.1, 0.15) is 16.7 Å². The predicted molar refractivity (Wildman–Crippen MR) is 99.6 cm³/mol. The van der Waals surface area contributed by atoms with Gasteiger partial charge in [0, 0.05) is 0 Å². The van der Waals surface area contributed by atoms with Crippen molar-refractivity contribution in [2.75, 3.05) is 5.43 Å². The van der Waals surface area contributed by atoms with Crippen molar-refractivity contribution in [3.8, 4) is 5.75 Å². The van der Waals surface area contributed by atoms with Crippen LogP contribution in [0.15, 0.2) is 84.0 Å². The Labute approximate surface area is 142 Å². The third kappa shape index (κ3) is 4.71. The van der Waals surface area contributed by atoms with Crippen molar-refractivity contribution in [1.82, 2.24) is 0 Å². The van der Waals surface area contributed by atoms with Gasteiger partial charge in [0.05, 0.1) is 11.9 Å². The largest absolute Gasteiger partial charge is 0.489 e. The molecule has 0 saturated carbocycles. The van der Waals surface area contributed by atoms with Gasteiger partial charge in [-0.1, -0.05) is 48.0 Å². The Morgan fingerprint density at radius 3 is 2.29 bits per heavy atom. The Morgan fingerprint density at radius 2 is 1.58 bits per heavy atom. The van der Waals surface area contributed by atoms with Gasteiger partial charge in [-0.15, -0.1) is 0 Å². The molecule has 3 nitrogen and oxygen atoms in total. The van der Waals surface area contributed by atoms with Gasteiger partial charge in [0.15, 0.2) is 0 Å². The van der Waals surface area contributed by atoms with Gasteiger partial charge in [-0.3, -0.25) is 5.43 Å². The molecule has 0 aromatic heterocycles. The molecule has 0 aliphatic carbocycles. The Balaban J connectivity index is 1.52. The molecule has 0 atom stereocenters. The lowest BCUT2D eigenvalue weighted by molar-refractivity contribution is 0.306. The molecule has 1 N–H and O–H groups in total. The number of hydrogen-bond donors (Lipinski definition) is 1. The minimum atomic E-state index is 0.573. The summed E-state index contributed by atoms with van der Waals surface area (Å²) >= 11 is 0. The van der Waals surface area contributed by atoms with Gasteiger partial charge >= 0.3 is 0 Å². The van der Waals surface area contributed by atoms with E-state index in [0.29, 0.717) is 6.61 Å². The summed E-state index contributed by atoms with van der Waals surface area (Å²) in [6, 6.07) is 26.1. The van der Waals surface area contributed by atoms with E-state index >= 15 is 0 Å². The lowest BCUT2D eigenvalue weighted by Crippen LogP contribution is -1.95. The molecule has 0 aliphatic rings. The second kappa shape index (κ2) is 7.97. The zero-order valence-electron chi connectivity index (χ0n) is 13.6. The first-order chi connectivity index (χ1) is 11.8. The number of ether oxygens (including phenoxy) is 1. The predicted octanol–water partition coefficient (Wildman–Crippen LogP) is 5.02. The molecule has 3 aromatic carbocycles. The molecule has 0 fully saturated rings. The highest BCUT2D eigenvalue weighted by Crippen LogP contribution is 2.14. The first-order valence-electron chi connectivity index (χ1n) is 7.92. The van der Waals surface area contributed by atoms with E-state index in [2.05, 4.69) is 41.7 Å². The smallest absolute Gasteiger partial charge is 0.119 e. The molecule has 0 saturated heterocycles. The second-order valence-electron chi connectivity index (χ2n) is 5.58. The van der Waals surface area contributed by atoms with Gasteiger partial charge in [-0.2, -0.15) is 5.10 Å². The third-order valence-corrected chi connectivity index (χ3v) is 3.59. The van der Waals surface area contributed by atoms with Crippen LogP contribution in [0.2, 0.25) is 0 Å². The zero-order chi connectivity index (χ0) is 16.6. The summed E-state index contributed by atoms with van der Waals surface area (Å²) in [7, 11) is 0. The maximum absolute atomic E-state index is 5.80. The van der Waals surface area contributed by atoms with E-state index in [4.69, 9.17) is 4.74 Å². The van der Waals surface area contributed by atoms with Crippen LogP contribution in [0.5, 0.6) is 5.75 Å². The van der Waals surface area contributed by atoms with Crippen LogP contribution in [0.4, 0.5) is 5.69 Å². The Bertz CT molecular complexity index is 778. The van der Waals surface area contributed by atoms with Gasteiger partial charge in [-0.25, -0.2) is 0 Å². The highest BCUT2D eigenvalue weighted by Gasteiger charge is 1.96. The van der Waals surface area contributed by atoms with Crippen molar-refractivity contribution >= 4 is 11.9 Å². The third-order valence-electron chi connectivity index (χ3n) is 3.59. The topological polar surface area (TPSA) is 33.6 Å². The molecule has 3 rings (SSSR count). The van der Waals surface area contributed by atoms with Crippen molar-refractivity contribution in [3.05, 3.63) is 95.6 Å². The standard InChI is InChI=1S/C21H20N2O/c1-17-7-9-19(10-8-17)16-24-21-13-11-18(12-14-21)15-22-23-20-5-3-2-4-6-20/h2-15,23H,16H2,1H3/b22-15-. The number of aryl methyl sites for hydroxylation is 1. The van der Waals surface area contributed by atoms with Gasteiger partial charge in [0.1, 0.15) is 12.4 Å². The summed E-state index contributed by atoms with van der Waals surface area (Å²) in [4.78, 5) is 0. The molecule has 0 spiro atoms. The molecule has 24 heavy (non-hydrogen) atoms. The molecular formula is C21H20N2O. The number of hydrazone groups is 1. The average Bonchev–Trinajstić information content (AvgIpc) is 2.63. The van der Waals surface area contributed by atoms with Crippen molar-refractivity contribution < 1.29 is 4.74 Å². The maximum Gasteiger partial charge on any atom is 0.119 e. The van der Waals surface area contributed by atoms with Gasteiger partial charge in [-0.05, 0) is 54.4 Å². The zero-order valence-corrected chi connectivity index (χ0v) is 13.6. The highest BCUT2D eigenvalue weighted by atomic mass is 16.5. The molecule has 0 unspecified atom stereocenters. The fourth-order valence-electron chi connectivity index (χ4n) is 2.20. The summed E-state index contributed by atoms with van der Waals surface area (Å²) in [6.07, 6.45) is 1.79. The Morgan fingerprint density at radius 1 is 0.875 bits per heavy atom. The van der Waals surface area contributed by atoms with E-state index < -0.39 is 0 Å². The number of nitrogens with zero attached hydrogens (tertiary/aromatic N) is 1. The number of rotatable bonds is 6. The molecule has 3 aromatic rings. The minimum absolute atomic E-state index is 0.573. The van der Waals surface area contributed by atoms with Crippen LogP contribution in [0, 0.1) is 6.92 Å². The fourth-order valence-corrected chi connectivity index (χ4v) is 2.20. The molecule has 0 amide bonds. The average molecular weight is 316 g/mol. The lowest BCUT2D eigenvalue weighted by atomic mass is 10.2. The maximum atomic E-state index is 5.80. The van der Waals surface area contributed by atoms with Crippen molar-refractivity contribution in [2.45, 2.75) is 13.5 Å². The molecule has 0 aliphatic heterocycles. The molecule has 0 radical (unpaired) electrons. The number of anilines is 1. The van der Waals surface area contributed by atoms with Crippen LogP contribution >= 0.6 is 0 Å². The van der Waals surface area contributed by atoms with Crippen LogP contribution in [0.3, 0.4) is 0 Å². The molecule has 0 bridgehead atoms. The van der Waals surface area contributed by atoms with E-state index in [-0.39, 0.29) is 0 Å². The highest BCUT2D eigenvalue weighted by molar-refractivity contribution is 5.80. The summed E-state index contributed by atoms with van der Waals surface area (Å²) in [5.74, 6) is 0.851. The molecule has 120 valence electrons. The van der Waals surface area contributed by atoms with Crippen LogP contribution < -0.4 is 10.2 Å². The number of para-hydroxylation sites is 1. The molecule has 0 heterocycles. The fraction of sp³-hybridized carbons (Fsp3) is 0.0952. The summed E-state index contributed by atoms with van der Waals surface area (Å²) in [5.41, 5.74) is 7.40. The minimum Gasteiger partial charge on any atom is -0.489 e. The van der Waals surface area contributed by atoms with E-state index in [1.54, 1.807) is 6.21 Å². The molecular weight excluding hydrogens is 296 g/mol. The second-order valence-corrected chi connectivity index (χ2v) is 5.58. The molecule has 3 heteroatoms. The van der Waals surface area contributed by atoms with Crippen LogP contribution in [0.25, 0.3) is 0 Å². The van der Waals surface area contributed by atoms with Crippen LogP contribution in [-0.4, -0.2) is 6.21 Å². The quantitative estimate of drug-likeness (QED) is 0.512. The summed E-state index contributed by atoms with van der Waals surface area (Å²) in [6.45, 7) is 2.65. The van der Waals surface area contributed by atoms with Crippen LogP contribution in [-0.2, 0) is 6.61 Å². The van der Waals surface area contributed by atoms with Gasteiger partial charge in [0.2, 0.25) is 0 Å². The monoisotopic (exact) mass is 316 g/mol. The first-order valence-corrected chi connectivity index (χ1v) is 7.92. The summed E-state index contributed by atoms with van der Waals surface area (Å²) < 4.78 is 5.80.